The molecule has 0 radical (unpaired) electrons. The number of carbonyl (C=O) groups excluding carboxylic acids is 2. The van der Waals surface area contributed by atoms with Gasteiger partial charge in [0, 0.05) is 56.0 Å². The number of likely N-dealkylation sites (tertiary alicyclic amines) is 1. The van der Waals surface area contributed by atoms with Crippen molar-refractivity contribution < 1.29 is 9.59 Å². The molecule has 1 aromatic rings. The van der Waals surface area contributed by atoms with Gasteiger partial charge in [-0.25, -0.2) is 4.98 Å². The third-order valence-corrected chi connectivity index (χ3v) is 7.48. The van der Waals surface area contributed by atoms with Crippen molar-refractivity contribution in [3.8, 4) is 0 Å². The summed E-state index contributed by atoms with van der Waals surface area (Å²) >= 11 is 1.77. The summed E-state index contributed by atoms with van der Waals surface area (Å²) in [6.45, 7) is 9.05. The van der Waals surface area contributed by atoms with Gasteiger partial charge < -0.3 is 14.7 Å². The molecule has 2 saturated heterocycles. The molecule has 1 aromatic heterocycles. The van der Waals surface area contributed by atoms with Crippen LogP contribution in [-0.2, 0) is 22.4 Å². The van der Waals surface area contributed by atoms with E-state index in [-0.39, 0.29) is 17.7 Å². The Morgan fingerprint density at radius 2 is 1.71 bits per heavy atom. The molecular weight excluding hydrogens is 372 g/mol. The van der Waals surface area contributed by atoms with Crippen LogP contribution >= 0.6 is 11.3 Å². The standard InChI is InChI=1S/C21H32N4O2S/c1-15(2)19(26)24-10-12-25(13-11-24)21-22-17-7-6-16(14-18(17)28-21)20(27)23-8-4-3-5-9-23/h15-16H,3-14H2,1-2H3/t16-/m0/s1. The van der Waals surface area contributed by atoms with Crippen LogP contribution in [0.25, 0.3) is 0 Å². The van der Waals surface area contributed by atoms with Gasteiger partial charge in [0.15, 0.2) is 5.13 Å². The zero-order chi connectivity index (χ0) is 19.7. The van der Waals surface area contributed by atoms with Gasteiger partial charge in [-0.3, -0.25) is 9.59 Å². The number of fused-ring (bicyclic) bond motifs is 1. The molecule has 0 N–H and O–H groups in total. The number of amides is 2. The van der Waals surface area contributed by atoms with E-state index in [1.807, 2.05) is 18.7 Å². The molecule has 1 aliphatic carbocycles. The molecule has 2 amide bonds. The Bertz CT molecular complexity index is 718. The van der Waals surface area contributed by atoms with Crippen LogP contribution in [0.1, 0.15) is 50.1 Å². The van der Waals surface area contributed by atoms with E-state index in [0.29, 0.717) is 5.91 Å². The first kappa shape index (κ1) is 19.7. The Morgan fingerprint density at radius 3 is 2.39 bits per heavy atom. The second-order valence-electron chi connectivity index (χ2n) is 8.66. The third kappa shape index (κ3) is 4.04. The van der Waals surface area contributed by atoms with Gasteiger partial charge in [-0.2, -0.15) is 0 Å². The minimum Gasteiger partial charge on any atom is -0.345 e. The molecule has 2 fully saturated rings. The van der Waals surface area contributed by atoms with Crippen molar-refractivity contribution in [2.24, 2.45) is 11.8 Å². The Hall–Kier alpha value is -1.63. The summed E-state index contributed by atoms with van der Waals surface area (Å²) in [6.07, 6.45) is 6.27. The highest BCUT2D eigenvalue weighted by Gasteiger charge is 2.32. The van der Waals surface area contributed by atoms with E-state index in [1.165, 1.54) is 17.0 Å². The predicted octanol–water partition coefficient (Wildman–Crippen LogP) is 2.57. The molecule has 0 spiro atoms. The molecule has 3 aliphatic rings. The van der Waals surface area contributed by atoms with Crippen LogP contribution in [0.4, 0.5) is 5.13 Å². The van der Waals surface area contributed by atoms with Gasteiger partial charge in [-0.05, 0) is 38.5 Å². The molecule has 2 aliphatic heterocycles. The smallest absolute Gasteiger partial charge is 0.226 e. The second kappa shape index (κ2) is 8.39. The number of hydrogen-bond acceptors (Lipinski definition) is 5. The van der Waals surface area contributed by atoms with Crippen molar-refractivity contribution in [2.45, 2.75) is 52.4 Å². The van der Waals surface area contributed by atoms with Gasteiger partial charge in [0.25, 0.3) is 0 Å². The summed E-state index contributed by atoms with van der Waals surface area (Å²) in [5.41, 5.74) is 1.20. The van der Waals surface area contributed by atoms with Crippen molar-refractivity contribution in [2.75, 3.05) is 44.2 Å². The lowest BCUT2D eigenvalue weighted by Gasteiger charge is -2.35. The second-order valence-corrected chi connectivity index (χ2v) is 9.72. The highest BCUT2D eigenvalue weighted by atomic mass is 32.1. The number of anilines is 1. The number of thiazole rings is 1. The van der Waals surface area contributed by atoms with Crippen LogP contribution in [0.2, 0.25) is 0 Å². The number of aromatic nitrogens is 1. The summed E-state index contributed by atoms with van der Waals surface area (Å²) in [6, 6.07) is 0. The molecule has 0 saturated carbocycles. The van der Waals surface area contributed by atoms with Gasteiger partial charge in [0.2, 0.25) is 11.8 Å². The maximum absolute atomic E-state index is 12.9. The molecule has 0 bridgehead atoms. The number of aryl methyl sites for hydroxylation is 1. The quantitative estimate of drug-likeness (QED) is 0.777. The summed E-state index contributed by atoms with van der Waals surface area (Å²) in [5.74, 6) is 0.811. The van der Waals surface area contributed by atoms with Gasteiger partial charge in [-0.15, -0.1) is 11.3 Å². The Balaban J connectivity index is 1.37. The maximum Gasteiger partial charge on any atom is 0.226 e. The normalized spacial score (nSPS) is 23.1. The lowest BCUT2D eigenvalue weighted by molar-refractivity contribution is -0.137. The summed E-state index contributed by atoms with van der Waals surface area (Å²) in [5, 5.41) is 1.08. The van der Waals surface area contributed by atoms with Crippen molar-refractivity contribution in [1.29, 1.82) is 0 Å². The fourth-order valence-electron chi connectivity index (χ4n) is 4.56. The molecule has 6 nitrogen and oxygen atoms in total. The van der Waals surface area contributed by atoms with Crippen LogP contribution in [0.15, 0.2) is 0 Å². The Kier molecular flexibility index (Phi) is 5.90. The molecule has 1 atom stereocenters. The number of piperidine rings is 1. The monoisotopic (exact) mass is 404 g/mol. The van der Waals surface area contributed by atoms with E-state index in [9.17, 15) is 9.59 Å². The van der Waals surface area contributed by atoms with Gasteiger partial charge in [-0.1, -0.05) is 13.8 Å². The fourth-order valence-corrected chi connectivity index (χ4v) is 5.80. The van der Waals surface area contributed by atoms with E-state index in [2.05, 4.69) is 9.80 Å². The Morgan fingerprint density at radius 1 is 1.00 bits per heavy atom. The summed E-state index contributed by atoms with van der Waals surface area (Å²) < 4.78 is 0. The van der Waals surface area contributed by atoms with Crippen molar-refractivity contribution in [3.05, 3.63) is 10.6 Å². The first-order valence-electron chi connectivity index (χ1n) is 10.8. The number of nitrogens with zero attached hydrogens (tertiary/aromatic N) is 4. The van der Waals surface area contributed by atoms with E-state index in [0.717, 1.165) is 76.5 Å². The van der Waals surface area contributed by atoms with E-state index < -0.39 is 0 Å². The van der Waals surface area contributed by atoms with Crippen molar-refractivity contribution in [3.63, 3.8) is 0 Å². The van der Waals surface area contributed by atoms with Gasteiger partial charge in [0.05, 0.1) is 5.69 Å². The minimum atomic E-state index is 0.0631. The highest BCUT2D eigenvalue weighted by molar-refractivity contribution is 7.15. The lowest BCUT2D eigenvalue weighted by Crippen LogP contribution is -2.49. The average Bonchev–Trinajstić information content (AvgIpc) is 3.16. The van der Waals surface area contributed by atoms with Crippen molar-refractivity contribution in [1.82, 2.24) is 14.8 Å². The topological polar surface area (TPSA) is 56.8 Å². The molecule has 7 heteroatoms. The SMILES string of the molecule is CC(C)C(=O)N1CCN(c2nc3c(s2)C[C@@H](C(=O)N2CCCCC2)CC3)CC1. The number of rotatable bonds is 3. The average molecular weight is 405 g/mol. The van der Waals surface area contributed by atoms with Gasteiger partial charge >= 0.3 is 0 Å². The first-order valence-corrected chi connectivity index (χ1v) is 11.7. The lowest BCUT2D eigenvalue weighted by atomic mass is 9.89. The van der Waals surface area contributed by atoms with E-state index in [1.54, 1.807) is 11.3 Å². The molecule has 4 rings (SSSR count). The molecule has 28 heavy (non-hydrogen) atoms. The zero-order valence-electron chi connectivity index (χ0n) is 17.2. The summed E-state index contributed by atoms with van der Waals surface area (Å²) in [4.78, 5) is 37.7. The van der Waals surface area contributed by atoms with Crippen LogP contribution < -0.4 is 4.90 Å². The predicted molar refractivity (Wildman–Crippen MR) is 112 cm³/mol. The van der Waals surface area contributed by atoms with Crippen LogP contribution in [0.5, 0.6) is 0 Å². The highest BCUT2D eigenvalue weighted by Crippen LogP contribution is 2.35. The number of hydrogen-bond donors (Lipinski definition) is 0. The minimum absolute atomic E-state index is 0.0631. The number of carbonyl (C=O) groups is 2. The maximum atomic E-state index is 12.9. The van der Waals surface area contributed by atoms with Crippen LogP contribution in [0, 0.1) is 11.8 Å². The largest absolute Gasteiger partial charge is 0.345 e. The van der Waals surface area contributed by atoms with Gasteiger partial charge in [0.1, 0.15) is 0 Å². The number of piperazine rings is 1. The van der Waals surface area contributed by atoms with E-state index >= 15 is 0 Å². The third-order valence-electron chi connectivity index (χ3n) is 6.30. The Labute approximate surface area is 171 Å². The molecule has 154 valence electrons. The van der Waals surface area contributed by atoms with E-state index in [4.69, 9.17) is 4.98 Å². The van der Waals surface area contributed by atoms with Crippen LogP contribution in [0.3, 0.4) is 0 Å². The van der Waals surface area contributed by atoms with Crippen molar-refractivity contribution >= 4 is 28.3 Å². The first-order chi connectivity index (χ1) is 13.5. The summed E-state index contributed by atoms with van der Waals surface area (Å²) in [7, 11) is 0. The molecular formula is C21H32N4O2S. The molecule has 0 unspecified atom stereocenters. The molecule has 0 aromatic carbocycles. The fraction of sp³-hybridized carbons (Fsp3) is 0.762. The van der Waals surface area contributed by atoms with Crippen LogP contribution in [-0.4, -0.2) is 65.9 Å². The zero-order valence-corrected chi connectivity index (χ0v) is 18.0. The molecule has 3 heterocycles.